The van der Waals surface area contributed by atoms with Gasteiger partial charge in [-0.3, -0.25) is 19.7 Å². The van der Waals surface area contributed by atoms with Crippen LogP contribution in [0, 0.1) is 10.1 Å². The Kier molecular flexibility index (Phi) is 5.36. The molecule has 0 aliphatic carbocycles. The van der Waals surface area contributed by atoms with E-state index in [9.17, 15) is 19.7 Å². The smallest absolute Gasteiger partial charge is 0.269 e. The van der Waals surface area contributed by atoms with E-state index in [1.165, 1.54) is 19.2 Å². The van der Waals surface area contributed by atoms with Gasteiger partial charge in [0.1, 0.15) is 24.0 Å². The molecule has 9 heteroatoms. The molecule has 0 radical (unpaired) electrons. The minimum absolute atomic E-state index is 0.0320. The van der Waals surface area contributed by atoms with Crippen LogP contribution in [-0.2, 0) is 27.8 Å². The van der Waals surface area contributed by atoms with E-state index in [-0.39, 0.29) is 17.5 Å². The summed E-state index contributed by atoms with van der Waals surface area (Å²) in [6.07, 6.45) is 0.683. The molecule has 0 saturated carbocycles. The maximum atomic E-state index is 13.9. The first-order chi connectivity index (χ1) is 17.9. The highest BCUT2D eigenvalue weighted by atomic mass is 16.6. The molecule has 0 aromatic heterocycles. The van der Waals surface area contributed by atoms with Gasteiger partial charge >= 0.3 is 0 Å². The van der Waals surface area contributed by atoms with Gasteiger partial charge in [0.2, 0.25) is 11.8 Å². The third kappa shape index (κ3) is 3.61. The lowest BCUT2D eigenvalue weighted by molar-refractivity contribution is -0.384. The fourth-order valence-corrected chi connectivity index (χ4v) is 6.27. The monoisotopic (exact) mass is 498 g/mol. The fourth-order valence-electron chi connectivity index (χ4n) is 6.27. The zero-order valence-corrected chi connectivity index (χ0v) is 20.2. The summed E-state index contributed by atoms with van der Waals surface area (Å²) in [6.45, 7) is 0. The van der Waals surface area contributed by atoms with Crippen LogP contribution in [0.2, 0.25) is 0 Å². The molecule has 4 atom stereocenters. The molecule has 2 N–H and O–H groups in total. The number of carbonyl (C=O) groups excluding carboxylic acids is 2. The van der Waals surface area contributed by atoms with E-state index in [1.807, 2.05) is 54.6 Å². The zero-order chi connectivity index (χ0) is 25.7. The average Bonchev–Trinajstić information content (AvgIpc) is 3.39. The van der Waals surface area contributed by atoms with Crippen LogP contribution in [0.3, 0.4) is 0 Å². The summed E-state index contributed by atoms with van der Waals surface area (Å²) < 4.78 is 5.57. The van der Waals surface area contributed by atoms with Crippen LogP contribution in [0.4, 0.5) is 11.4 Å². The molecule has 2 fully saturated rings. The largest absolute Gasteiger partial charge is 0.496 e. The van der Waals surface area contributed by atoms with Gasteiger partial charge in [-0.1, -0.05) is 48.5 Å². The molecule has 0 unspecified atom stereocenters. The highest BCUT2D eigenvalue weighted by molar-refractivity contribution is 5.99. The summed E-state index contributed by atoms with van der Waals surface area (Å²) in [6, 6.07) is 20.7. The van der Waals surface area contributed by atoms with E-state index in [0.717, 1.165) is 16.8 Å². The molecule has 188 valence electrons. The Hall–Kier alpha value is -4.40. The molecule has 0 bridgehead atoms. The van der Waals surface area contributed by atoms with Crippen LogP contribution in [0.25, 0.3) is 0 Å². The molecule has 6 rings (SSSR count). The lowest BCUT2D eigenvalue weighted by atomic mass is 9.73. The van der Waals surface area contributed by atoms with Crippen molar-refractivity contribution in [1.82, 2.24) is 10.2 Å². The Bertz CT molecular complexity index is 1410. The summed E-state index contributed by atoms with van der Waals surface area (Å²) in [5, 5.41) is 18.0. The van der Waals surface area contributed by atoms with Gasteiger partial charge in [0, 0.05) is 35.2 Å². The van der Waals surface area contributed by atoms with Crippen LogP contribution >= 0.6 is 0 Å². The molecule has 2 amide bonds. The molecule has 3 aromatic carbocycles. The quantitative estimate of drug-likeness (QED) is 0.399. The first-order valence-electron chi connectivity index (χ1n) is 12.2. The maximum Gasteiger partial charge on any atom is 0.269 e. The first-order valence-corrected chi connectivity index (χ1v) is 12.2. The molecule has 3 aliphatic rings. The summed E-state index contributed by atoms with van der Waals surface area (Å²) in [7, 11) is 1.53. The minimum atomic E-state index is -0.668. The topological polar surface area (TPSA) is 114 Å². The molecular weight excluding hydrogens is 472 g/mol. The van der Waals surface area contributed by atoms with Gasteiger partial charge in [0.15, 0.2) is 0 Å². The second-order valence-corrected chi connectivity index (χ2v) is 9.89. The van der Waals surface area contributed by atoms with Crippen molar-refractivity contribution in [3.05, 3.63) is 99.6 Å². The Balaban J connectivity index is 1.42. The maximum absolute atomic E-state index is 13.9. The van der Waals surface area contributed by atoms with Gasteiger partial charge in [-0.15, -0.1) is 0 Å². The zero-order valence-electron chi connectivity index (χ0n) is 20.2. The van der Waals surface area contributed by atoms with Crippen molar-refractivity contribution in [2.75, 3.05) is 12.4 Å². The average molecular weight is 499 g/mol. The van der Waals surface area contributed by atoms with Gasteiger partial charge in [-0.2, -0.15) is 0 Å². The third-order valence-electron chi connectivity index (χ3n) is 7.89. The van der Waals surface area contributed by atoms with Crippen LogP contribution in [0.15, 0.2) is 72.8 Å². The number of para-hydroxylation sites is 1. The number of nitro groups is 1. The molecule has 3 heterocycles. The number of rotatable bonds is 6. The molecule has 37 heavy (non-hydrogen) atoms. The summed E-state index contributed by atoms with van der Waals surface area (Å²) in [5.41, 5.74) is 2.81. The van der Waals surface area contributed by atoms with Crippen LogP contribution in [-0.4, -0.2) is 47.0 Å². The Morgan fingerprint density at radius 2 is 1.81 bits per heavy atom. The number of nitrogens with one attached hydrogen (secondary N) is 2. The molecule has 3 aromatic rings. The van der Waals surface area contributed by atoms with Crippen molar-refractivity contribution >= 4 is 23.2 Å². The highest BCUT2D eigenvalue weighted by Gasteiger charge is 2.62. The van der Waals surface area contributed by atoms with E-state index in [2.05, 4.69) is 10.6 Å². The van der Waals surface area contributed by atoms with Crippen molar-refractivity contribution < 1.29 is 19.2 Å². The van der Waals surface area contributed by atoms with E-state index in [1.54, 1.807) is 11.0 Å². The second-order valence-electron chi connectivity index (χ2n) is 9.89. The molecule has 3 aliphatic heterocycles. The molecule has 0 spiro atoms. The number of ether oxygens (including phenoxy) is 1. The minimum Gasteiger partial charge on any atom is -0.496 e. The normalized spacial score (nSPS) is 25.5. The van der Waals surface area contributed by atoms with Crippen molar-refractivity contribution in [2.24, 2.45) is 0 Å². The van der Waals surface area contributed by atoms with Crippen molar-refractivity contribution in [1.29, 1.82) is 0 Å². The van der Waals surface area contributed by atoms with Crippen LogP contribution in [0.1, 0.15) is 23.1 Å². The summed E-state index contributed by atoms with van der Waals surface area (Å²) in [4.78, 5) is 40.1. The van der Waals surface area contributed by atoms with Crippen LogP contribution in [0.5, 0.6) is 5.75 Å². The van der Waals surface area contributed by atoms with Crippen molar-refractivity contribution in [3.63, 3.8) is 0 Å². The SMILES string of the molecule is COc1ccc([N+](=O)[O-])cc1C[C@]12C[C@H]3C(=O)N[C@@H](Cc4ccccc4)C(=O)N3[C@H]1Nc1ccccc12. The predicted molar refractivity (Wildman–Crippen MR) is 136 cm³/mol. The number of fused-ring (bicyclic) bond motifs is 5. The number of anilines is 1. The van der Waals surface area contributed by atoms with E-state index in [4.69, 9.17) is 4.74 Å². The van der Waals surface area contributed by atoms with Crippen molar-refractivity contribution in [2.45, 2.75) is 42.9 Å². The lowest BCUT2D eigenvalue weighted by Gasteiger charge is -2.38. The Labute approximate surface area is 213 Å². The van der Waals surface area contributed by atoms with E-state index >= 15 is 0 Å². The summed E-state index contributed by atoms with van der Waals surface area (Å²) in [5.74, 6) is 0.219. The number of benzene rings is 3. The first kappa shape index (κ1) is 23.0. The number of piperazine rings is 1. The molecule has 2 saturated heterocycles. The molecular formula is C28H26N4O5. The number of nitro benzene ring substituents is 1. The standard InChI is InChI=1S/C28H26N4O5/c1-37-24-12-11-19(32(35)36)14-18(24)15-28-16-23-25(33)29-22(13-17-7-3-2-4-8-17)26(34)31(23)27(28)30-21-10-6-5-9-20(21)28/h2-12,14,22-23,27,30H,13,15-16H2,1H3,(H,29,33)/t22-,23-,27+,28+/m0/s1. The van der Waals surface area contributed by atoms with Gasteiger partial charge in [-0.25, -0.2) is 0 Å². The van der Waals surface area contributed by atoms with E-state index < -0.39 is 28.6 Å². The van der Waals surface area contributed by atoms with Gasteiger partial charge < -0.3 is 20.3 Å². The second kappa shape index (κ2) is 8.62. The number of hydrogen-bond donors (Lipinski definition) is 2. The lowest BCUT2D eigenvalue weighted by Crippen LogP contribution is -2.64. The van der Waals surface area contributed by atoms with Gasteiger partial charge in [-0.05, 0) is 36.1 Å². The number of methoxy groups -OCH3 is 1. The number of non-ortho nitro benzene ring substituents is 1. The number of carbonyl (C=O) groups is 2. The molecule has 9 nitrogen and oxygen atoms in total. The Morgan fingerprint density at radius 1 is 1.05 bits per heavy atom. The summed E-state index contributed by atoms with van der Waals surface area (Å²) >= 11 is 0. The number of hydrogen-bond acceptors (Lipinski definition) is 6. The van der Waals surface area contributed by atoms with E-state index in [0.29, 0.717) is 30.6 Å². The van der Waals surface area contributed by atoms with Gasteiger partial charge in [0.25, 0.3) is 5.69 Å². The predicted octanol–water partition coefficient (Wildman–Crippen LogP) is 3.18. The number of nitrogens with zero attached hydrogens (tertiary/aromatic N) is 2. The van der Waals surface area contributed by atoms with Crippen LogP contribution < -0.4 is 15.4 Å². The Morgan fingerprint density at radius 3 is 2.57 bits per heavy atom. The van der Waals surface area contributed by atoms with Gasteiger partial charge in [0.05, 0.1) is 12.0 Å². The third-order valence-corrected chi connectivity index (χ3v) is 7.89. The number of amides is 2. The fraction of sp³-hybridized carbons (Fsp3) is 0.286. The van der Waals surface area contributed by atoms with Crippen molar-refractivity contribution in [3.8, 4) is 5.75 Å². The highest BCUT2D eigenvalue weighted by Crippen LogP contribution is 2.54.